The molecule has 3 heterocycles. The third-order valence-corrected chi connectivity index (χ3v) is 24.2. The Kier molecular flexibility index (Phi) is 20.0. The van der Waals surface area contributed by atoms with Crippen LogP contribution in [-0.2, 0) is 16.6 Å². The lowest BCUT2D eigenvalue weighted by molar-refractivity contribution is 0.0969. The van der Waals surface area contributed by atoms with Crippen molar-refractivity contribution in [3.8, 4) is 0 Å². The minimum absolute atomic E-state index is 0.0250. The summed E-state index contributed by atoms with van der Waals surface area (Å²) in [6.45, 7) is 6.00. The largest absolute Gasteiger partial charge is 0.378 e. The van der Waals surface area contributed by atoms with E-state index in [1.54, 1.807) is 77.8 Å². The Morgan fingerprint density at radius 1 is 0.525 bits per heavy atom. The maximum absolute atomic E-state index is 14.9. The Hall–Kier alpha value is -3.14. The number of amidine groups is 3. The topological polar surface area (TPSA) is 121 Å². The van der Waals surface area contributed by atoms with Gasteiger partial charge in [-0.2, -0.15) is 0 Å². The highest BCUT2D eigenvalue weighted by atomic mass is 127. The standard InChI is InChI=1S/C23H23BrFIN2OS.C23H24BrFN2OS.C16H20BrFN2S/c1-22(17-13-16(24)10-11-18(17)25)14-23(12-6-5-9-19(23)26)30-21(28-22)27-20(29)15-7-3-2-4-8-15;1-22(18-14-17(24)10-11-19(18)25)15-23(12-6-3-7-13-23)29-21(27-22)26-20(28)16-8-4-2-5-9-16;1-15(12-9-11(17)5-6-13(12)18)10-16(21-14(19)20-15)7-3-2-4-8-16/h2-4,7-8,10-11,13,19H,5-6,9,12,14H2,1H3,(H,27,28,29);2,4-5,8-11,14H,3,6-7,12-13,15H2,1H3,(H,26,27,28);5-6,9H,2-4,7-8,10H2,1H3,(H2,19,20). The van der Waals surface area contributed by atoms with E-state index < -0.39 is 16.6 Å². The van der Waals surface area contributed by atoms with Gasteiger partial charge < -0.3 is 16.4 Å². The Bertz CT molecular complexity index is 3170. The first-order chi connectivity index (χ1) is 38.1. The van der Waals surface area contributed by atoms with Gasteiger partial charge >= 0.3 is 0 Å². The number of amides is 2. The molecule has 5 aromatic carbocycles. The van der Waals surface area contributed by atoms with Crippen LogP contribution in [0.4, 0.5) is 13.2 Å². The number of rotatable bonds is 5. The highest BCUT2D eigenvalue weighted by Crippen LogP contribution is 2.57. The molecule has 0 aromatic heterocycles. The number of nitrogens with zero attached hydrogens (tertiary/aromatic N) is 3. The van der Waals surface area contributed by atoms with E-state index in [2.05, 4.69) is 86.0 Å². The molecule has 5 aromatic rings. The fourth-order valence-electron chi connectivity index (χ4n) is 12.7. The van der Waals surface area contributed by atoms with Crippen LogP contribution in [0, 0.1) is 17.5 Å². The highest BCUT2D eigenvalue weighted by Gasteiger charge is 2.52. The fourth-order valence-corrected chi connectivity index (χ4v) is 19.9. The van der Waals surface area contributed by atoms with E-state index in [1.807, 2.05) is 75.4 Å². The molecule has 5 atom stereocenters. The van der Waals surface area contributed by atoms with Gasteiger partial charge in [0, 0.05) is 59.4 Å². The second-order valence-electron chi connectivity index (χ2n) is 22.7. The molecular formula is C62H67Br3F3IN6O2S3. The number of nitrogens with one attached hydrogen (secondary N) is 2. The van der Waals surface area contributed by atoms with Gasteiger partial charge in [-0.05, 0) is 157 Å². The molecule has 6 aliphatic rings. The summed E-state index contributed by atoms with van der Waals surface area (Å²) in [6.07, 6.45) is 18.6. The molecule has 4 N–H and O–H groups in total. The second-order valence-corrected chi connectivity index (χ2v) is 31.3. The van der Waals surface area contributed by atoms with Crippen LogP contribution >= 0.6 is 106 Å². The SMILES string of the molecule is CC1(c2cc(Br)ccc2F)CC2(CCCCC2)SC(N)=N1.CC1(c2cc(Br)ccc2F)CC2(CCCCC2)SC(NC(=O)c2ccccc2)=N1.CC1(c2cc(Br)ccc2F)CC2(CCCCC2I)SC(NC(=O)c2ccccc2)=N1. The van der Waals surface area contributed by atoms with Crippen molar-refractivity contribution in [2.75, 3.05) is 0 Å². The molecule has 18 heteroatoms. The fraction of sp³-hybridized carbons (Fsp3) is 0.435. The van der Waals surface area contributed by atoms with E-state index in [0.717, 1.165) is 90.5 Å². The van der Waals surface area contributed by atoms with Gasteiger partial charge in [0.15, 0.2) is 15.5 Å². The van der Waals surface area contributed by atoms with Crippen molar-refractivity contribution in [1.29, 1.82) is 0 Å². The summed E-state index contributed by atoms with van der Waals surface area (Å²) in [7, 11) is 0. The molecule has 3 saturated carbocycles. The van der Waals surface area contributed by atoms with Crippen LogP contribution in [-0.4, -0.2) is 45.5 Å². The van der Waals surface area contributed by atoms with Crippen molar-refractivity contribution < 1.29 is 22.8 Å². The van der Waals surface area contributed by atoms with E-state index >= 15 is 0 Å². The molecule has 0 saturated heterocycles. The van der Waals surface area contributed by atoms with Gasteiger partial charge in [0.25, 0.3) is 11.8 Å². The Labute approximate surface area is 520 Å². The molecule has 3 aliphatic heterocycles. The van der Waals surface area contributed by atoms with Crippen molar-refractivity contribution in [2.24, 2.45) is 20.7 Å². The number of alkyl halides is 1. The summed E-state index contributed by atoms with van der Waals surface area (Å²) in [5, 5.41) is 7.81. The van der Waals surface area contributed by atoms with Gasteiger partial charge in [-0.3, -0.25) is 24.6 Å². The molecule has 5 unspecified atom stereocenters. The van der Waals surface area contributed by atoms with Crippen molar-refractivity contribution in [3.63, 3.8) is 0 Å². The zero-order valence-corrected chi connectivity index (χ0v) is 54.5. The van der Waals surface area contributed by atoms with E-state index in [-0.39, 0.29) is 43.5 Å². The number of hydrogen-bond donors (Lipinski definition) is 3. The lowest BCUT2D eigenvalue weighted by Crippen LogP contribution is -2.50. The number of carbonyl (C=O) groups is 2. The first kappa shape index (κ1) is 61.4. The number of thioether (sulfide) groups is 3. The van der Waals surface area contributed by atoms with Crippen molar-refractivity contribution in [3.05, 3.63) is 174 Å². The predicted molar refractivity (Wildman–Crippen MR) is 346 cm³/mol. The summed E-state index contributed by atoms with van der Waals surface area (Å²) in [5.41, 5.74) is 7.04. The van der Waals surface area contributed by atoms with Crippen molar-refractivity contribution in [2.45, 2.75) is 165 Å². The van der Waals surface area contributed by atoms with Gasteiger partial charge in [-0.1, -0.05) is 193 Å². The minimum atomic E-state index is -0.751. The summed E-state index contributed by atoms with van der Waals surface area (Å²) < 4.78 is 47.1. The molecule has 11 rings (SSSR count). The van der Waals surface area contributed by atoms with Gasteiger partial charge in [0.2, 0.25) is 0 Å². The summed E-state index contributed by atoms with van der Waals surface area (Å²) in [4.78, 5) is 40.1. The lowest BCUT2D eigenvalue weighted by Gasteiger charge is -2.48. The van der Waals surface area contributed by atoms with Crippen molar-refractivity contribution >= 4 is 133 Å². The molecular weight excluding hydrogens is 1380 g/mol. The number of carbonyl (C=O) groups excluding carboxylic acids is 2. The zero-order valence-electron chi connectivity index (χ0n) is 45.2. The maximum atomic E-state index is 14.9. The summed E-state index contributed by atoms with van der Waals surface area (Å²) >= 11 is 18.0. The van der Waals surface area contributed by atoms with Gasteiger partial charge in [-0.25, -0.2) is 13.2 Å². The lowest BCUT2D eigenvalue weighted by atomic mass is 9.76. The number of halogens is 7. The third-order valence-electron chi connectivity index (χ3n) is 16.4. The normalized spacial score (nSPS) is 26.8. The van der Waals surface area contributed by atoms with Crippen LogP contribution < -0.4 is 16.4 Å². The van der Waals surface area contributed by atoms with E-state index in [1.165, 1.54) is 50.3 Å². The summed E-state index contributed by atoms with van der Waals surface area (Å²) in [6, 6.07) is 33.4. The monoisotopic (exact) mass is 1440 g/mol. The molecule has 3 aliphatic carbocycles. The first-order valence-electron chi connectivity index (χ1n) is 27.5. The highest BCUT2D eigenvalue weighted by molar-refractivity contribution is 14.1. The number of aliphatic imine (C=N–C) groups is 3. The average Bonchev–Trinajstić information content (AvgIpc) is 3.42. The molecule has 424 valence electrons. The Morgan fingerprint density at radius 3 is 1.35 bits per heavy atom. The summed E-state index contributed by atoms with van der Waals surface area (Å²) in [5.74, 6) is -1.08. The first-order valence-corrected chi connectivity index (χ1v) is 33.6. The van der Waals surface area contributed by atoms with E-state index in [9.17, 15) is 22.8 Å². The van der Waals surface area contributed by atoms with Crippen LogP contribution in [0.5, 0.6) is 0 Å². The molecule has 3 fully saturated rings. The maximum Gasteiger partial charge on any atom is 0.257 e. The second kappa shape index (κ2) is 26.0. The minimum Gasteiger partial charge on any atom is -0.378 e. The molecule has 80 heavy (non-hydrogen) atoms. The number of benzene rings is 5. The van der Waals surface area contributed by atoms with E-state index in [4.69, 9.17) is 15.7 Å². The quantitative estimate of drug-likeness (QED) is 0.119. The van der Waals surface area contributed by atoms with Gasteiger partial charge in [0.1, 0.15) is 17.5 Å². The molecule has 0 radical (unpaired) electrons. The van der Waals surface area contributed by atoms with Gasteiger partial charge in [0.05, 0.1) is 16.6 Å². The smallest absolute Gasteiger partial charge is 0.257 e. The third kappa shape index (κ3) is 14.5. The Morgan fingerprint density at radius 2 is 0.912 bits per heavy atom. The zero-order chi connectivity index (χ0) is 56.9. The Balaban J connectivity index is 0.000000148. The molecule has 2 amide bonds. The van der Waals surface area contributed by atoms with Crippen LogP contribution in [0.2, 0.25) is 0 Å². The van der Waals surface area contributed by atoms with E-state index in [0.29, 0.717) is 47.2 Å². The van der Waals surface area contributed by atoms with Crippen molar-refractivity contribution in [1.82, 2.24) is 10.6 Å². The molecule has 3 spiro atoms. The average molecular weight is 1450 g/mol. The van der Waals surface area contributed by atoms with Gasteiger partial charge in [-0.15, -0.1) is 0 Å². The number of hydrogen-bond acceptors (Lipinski definition) is 9. The predicted octanol–water partition coefficient (Wildman–Crippen LogP) is 18.2. The molecule has 0 bridgehead atoms. The number of nitrogens with two attached hydrogens (primary N) is 1. The van der Waals surface area contributed by atoms with Crippen LogP contribution in [0.3, 0.4) is 0 Å². The van der Waals surface area contributed by atoms with Crippen LogP contribution in [0.1, 0.15) is 167 Å². The van der Waals surface area contributed by atoms with Crippen LogP contribution in [0.15, 0.2) is 144 Å². The van der Waals surface area contributed by atoms with Crippen LogP contribution in [0.25, 0.3) is 0 Å². The molecule has 8 nitrogen and oxygen atoms in total.